The minimum absolute atomic E-state index is 0.00706. The lowest BCUT2D eigenvalue weighted by molar-refractivity contribution is -0.0641. The van der Waals surface area contributed by atoms with E-state index in [9.17, 15) is 4.79 Å². The molecular formula is C16H22N4O2S. The molecule has 1 aliphatic rings. The number of aromatic nitrogens is 2. The lowest BCUT2D eigenvalue weighted by Crippen LogP contribution is -2.47. The van der Waals surface area contributed by atoms with Crippen molar-refractivity contribution in [2.45, 2.75) is 39.0 Å². The van der Waals surface area contributed by atoms with Gasteiger partial charge in [0.2, 0.25) is 0 Å². The van der Waals surface area contributed by atoms with Gasteiger partial charge < -0.3 is 9.64 Å². The van der Waals surface area contributed by atoms with Crippen LogP contribution < -0.4 is 5.32 Å². The van der Waals surface area contributed by atoms with Crippen LogP contribution in [0.4, 0.5) is 10.6 Å². The van der Waals surface area contributed by atoms with Gasteiger partial charge in [0.15, 0.2) is 5.82 Å². The number of thiophene rings is 1. The number of ether oxygens (including phenoxy) is 1. The van der Waals surface area contributed by atoms with Crippen molar-refractivity contribution in [3.63, 3.8) is 0 Å². The molecular weight excluding hydrogens is 312 g/mol. The van der Waals surface area contributed by atoms with Crippen molar-refractivity contribution in [2.24, 2.45) is 0 Å². The maximum absolute atomic E-state index is 12.5. The van der Waals surface area contributed by atoms with Gasteiger partial charge in [-0.2, -0.15) is 16.4 Å². The van der Waals surface area contributed by atoms with Gasteiger partial charge in [-0.1, -0.05) is 0 Å². The third-order valence-corrected chi connectivity index (χ3v) is 4.54. The number of anilines is 1. The highest BCUT2D eigenvalue weighted by Crippen LogP contribution is 2.27. The second-order valence-corrected chi connectivity index (χ2v) is 6.88. The molecule has 7 heteroatoms. The van der Waals surface area contributed by atoms with E-state index in [0.29, 0.717) is 18.9 Å². The number of nitrogens with one attached hydrogen (secondary N) is 1. The normalized spacial score (nSPS) is 21.7. The highest BCUT2D eigenvalue weighted by Gasteiger charge is 2.29. The standard InChI is InChI=1S/C16H22N4O2S/c1-11(2)20-6-4-15(18-20)17-16(21)19-8-12(3)22-14(9-19)13-5-7-23-10-13/h4-7,10-12,14H,8-9H2,1-3H3,(H,17,18,21). The number of rotatable bonds is 3. The van der Waals surface area contributed by atoms with Gasteiger partial charge in [0.05, 0.1) is 12.6 Å². The Labute approximate surface area is 140 Å². The molecule has 1 saturated heterocycles. The Morgan fingerprint density at radius 1 is 1.43 bits per heavy atom. The molecule has 2 amide bonds. The van der Waals surface area contributed by atoms with Crippen molar-refractivity contribution >= 4 is 23.2 Å². The van der Waals surface area contributed by atoms with Gasteiger partial charge in [0, 0.05) is 24.8 Å². The average molecular weight is 334 g/mol. The number of carbonyl (C=O) groups excluding carboxylic acids is 1. The summed E-state index contributed by atoms with van der Waals surface area (Å²) in [6, 6.07) is 4.01. The first kappa shape index (κ1) is 16.0. The molecule has 2 aromatic rings. The molecule has 6 nitrogen and oxygen atoms in total. The van der Waals surface area contributed by atoms with E-state index in [-0.39, 0.29) is 24.3 Å². The van der Waals surface area contributed by atoms with E-state index < -0.39 is 0 Å². The molecule has 2 aromatic heterocycles. The summed E-state index contributed by atoms with van der Waals surface area (Å²) >= 11 is 1.64. The number of amides is 2. The van der Waals surface area contributed by atoms with Crippen LogP contribution in [0.5, 0.6) is 0 Å². The predicted octanol–water partition coefficient (Wildman–Crippen LogP) is 3.52. The summed E-state index contributed by atoms with van der Waals surface area (Å²) in [5.41, 5.74) is 1.13. The van der Waals surface area contributed by atoms with Crippen LogP contribution in [0.15, 0.2) is 29.1 Å². The highest BCUT2D eigenvalue weighted by atomic mass is 32.1. The fraction of sp³-hybridized carbons (Fsp3) is 0.500. The zero-order chi connectivity index (χ0) is 16.4. The molecule has 1 fully saturated rings. The summed E-state index contributed by atoms with van der Waals surface area (Å²) < 4.78 is 7.79. The lowest BCUT2D eigenvalue weighted by Gasteiger charge is -2.36. The summed E-state index contributed by atoms with van der Waals surface area (Å²) in [6.07, 6.45) is 1.81. The van der Waals surface area contributed by atoms with Crippen LogP contribution >= 0.6 is 11.3 Å². The Bertz CT molecular complexity index is 653. The molecule has 0 spiro atoms. The Balaban J connectivity index is 1.66. The minimum atomic E-state index is -0.130. The summed E-state index contributed by atoms with van der Waals surface area (Å²) in [4.78, 5) is 14.3. The molecule has 0 bridgehead atoms. The molecule has 2 atom stereocenters. The monoisotopic (exact) mass is 334 g/mol. The van der Waals surface area contributed by atoms with E-state index in [1.807, 2.05) is 49.2 Å². The third-order valence-electron chi connectivity index (χ3n) is 3.83. The van der Waals surface area contributed by atoms with Crippen LogP contribution in [-0.2, 0) is 4.74 Å². The van der Waals surface area contributed by atoms with Gasteiger partial charge in [-0.25, -0.2) is 4.79 Å². The number of hydrogen-bond donors (Lipinski definition) is 1. The van der Waals surface area contributed by atoms with Crippen LogP contribution in [0.1, 0.15) is 38.5 Å². The Kier molecular flexibility index (Phi) is 4.68. The SMILES string of the molecule is CC1CN(C(=O)Nc2ccn(C(C)C)n2)CC(c2ccsc2)O1. The van der Waals surface area contributed by atoms with E-state index in [1.165, 1.54) is 0 Å². The third kappa shape index (κ3) is 3.73. The summed E-state index contributed by atoms with van der Waals surface area (Å²) in [5.74, 6) is 0.579. The fourth-order valence-electron chi connectivity index (χ4n) is 2.64. The molecule has 1 aliphatic heterocycles. The van der Waals surface area contributed by atoms with Crippen molar-refractivity contribution in [3.8, 4) is 0 Å². The molecule has 124 valence electrons. The van der Waals surface area contributed by atoms with Gasteiger partial charge in [-0.15, -0.1) is 0 Å². The Morgan fingerprint density at radius 3 is 2.91 bits per heavy atom. The van der Waals surface area contributed by atoms with Crippen LogP contribution in [0.3, 0.4) is 0 Å². The highest BCUT2D eigenvalue weighted by molar-refractivity contribution is 7.07. The largest absolute Gasteiger partial charge is 0.367 e. The van der Waals surface area contributed by atoms with Crippen LogP contribution in [0.25, 0.3) is 0 Å². The zero-order valence-electron chi connectivity index (χ0n) is 13.6. The molecule has 3 rings (SSSR count). The summed E-state index contributed by atoms with van der Waals surface area (Å²) in [5, 5.41) is 11.3. The summed E-state index contributed by atoms with van der Waals surface area (Å²) in [6.45, 7) is 7.23. The molecule has 0 aliphatic carbocycles. The average Bonchev–Trinajstić information content (AvgIpc) is 3.18. The van der Waals surface area contributed by atoms with Gasteiger partial charge in [-0.3, -0.25) is 10.00 Å². The Morgan fingerprint density at radius 2 is 2.26 bits per heavy atom. The predicted molar refractivity (Wildman–Crippen MR) is 90.8 cm³/mol. The van der Waals surface area contributed by atoms with Crippen molar-refractivity contribution in [3.05, 3.63) is 34.7 Å². The second kappa shape index (κ2) is 6.72. The number of morpholine rings is 1. The molecule has 23 heavy (non-hydrogen) atoms. The van der Waals surface area contributed by atoms with E-state index in [1.54, 1.807) is 16.2 Å². The molecule has 0 saturated carbocycles. The van der Waals surface area contributed by atoms with E-state index in [2.05, 4.69) is 15.8 Å². The summed E-state index contributed by atoms with van der Waals surface area (Å²) in [7, 11) is 0. The second-order valence-electron chi connectivity index (χ2n) is 6.10. The van der Waals surface area contributed by atoms with Gasteiger partial charge in [-0.05, 0) is 43.2 Å². The zero-order valence-corrected chi connectivity index (χ0v) is 14.4. The first-order valence-corrected chi connectivity index (χ1v) is 8.76. The number of urea groups is 1. The maximum atomic E-state index is 12.5. The van der Waals surface area contributed by atoms with Crippen molar-refractivity contribution in [2.75, 3.05) is 18.4 Å². The molecule has 0 radical (unpaired) electrons. The number of nitrogens with zero attached hydrogens (tertiary/aromatic N) is 3. The molecule has 2 unspecified atom stereocenters. The van der Waals surface area contributed by atoms with Crippen molar-refractivity contribution in [1.29, 1.82) is 0 Å². The lowest BCUT2D eigenvalue weighted by atomic mass is 10.1. The topological polar surface area (TPSA) is 59.4 Å². The first-order chi connectivity index (χ1) is 11.0. The van der Waals surface area contributed by atoms with Crippen LogP contribution in [-0.4, -0.2) is 39.9 Å². The van der Waals surface area contributed by atoms with Crippen LogP contribution in [0.2, 0.25) is 0 Å². The fourth-order valence-corrected chi connectivity index (χ4v) is 3.34. The smallest absolute Gasteiger partial charge is 0.323 e. The van der Waals surface area contributed by atoms with Crippen LogP contribution in [0, 0.1) is 0 Å². The van der Waals surface area contributed by atoms with E-state index in [4.69, 9.17) is 4.74 Å². The van der Waals surface area contributed by atoms with E-state index >= 15 is 0 Å². The Hall–Kier alpha value is -1.86. The quantitative estimate of drug-likeness (QED) is 0.934. The molecule has 3 heterocycles. The first-order valence-electron chi connectivity index (χ1n) is 7.81. The number of hydrogen-bond acceptors (Lipinski definition) is 4. The van der Waals surface area contributed by atoms with Gasteiger partial charge >= 0.3 is 6.03 Å². The molecule has 1 N–H and O–H groups in total. The van der Waals surface area contributed by atoms with Gasteiger partial charge in [0.1, 0.15) is 6.10 Å². The molecule has 0 aromatic carbocycles. The maximum Gasteiger partial charge on any atom is 0.323 e. The van der Waals surface area contributed by atoms with Crippen molar-refractivity contribution < 1.29 is 9.53 Å². The van der Waals surface area contributed by atoms with Gasteiger partial charge in [0.25, 0.3) is 0 Å². The van der Waals surface area contributed by atoms with Crippen molar-refractivity contribution in [1.82, 2.24) is 14.7 Å². The van der Waals surface area contributed by atoms with E-state index in [0.717, 1.165) is 5.56 Å². The number of carbonyl (C=O) groups is 1. The minimum Gasteiger partial charge on any atom is -0.367 e.